The van der Waals surface area contributed by atoms with Crippen LogP contribution in [0.3, 0.4) is 0 Å². The SMILES string of the molecule is Cc1noc(C)c1CC(C)NC(=O)NCC(C)(C)CC(C)O. The summed E-state index contributed by atoms with van der Waals surface area (Å²) < 4.78 is 5.13. The maximum Gasteiger partial charge on any atom is 0.315 e. The number of nitrogens with zero attached hydrogens (tertiary/aromatic N) is 1. The van der Waals surface area contributed by atoms with E-state index in [0.29, 0.717) is 19.4 Å². The zero-order valence-corrected chi connectivity index (χ0v) is 14.5. The Morgan fingerprint density at radius 3 is 2.50 bits per heavy atom. The minimum atomic E-state index is -0.377. The number of hydrogen-bond acceptors (Lipinski definition) is 4. The summed E-state index contributed by atoms with van der Waals surface area (Å²) >= 11 is 0. The Bertz CT molecular complexity index is 475. The standard InChI is InChI=1S/C16H29N3O3/c1-10(7-14-12(3)19-22-13(14)4)18-15(21)17-9-16(5,6)8-11(2)20/h10-11,20H,7-9H2,1-6H3,(H2,17,18,21). The molecule has 1 aromatic heterocycles. The number of urea groups is 1. The van der Waals surface area contributed by atoms with E-state index in [4.69, 9.17) is 4.52 Å². The molecule has 0 aliphatic carbocycles. The Labute approximate surface area is 132 Å². The number of amides is 2. The van der Waals surface area contributed by atoms with Crippen molar-refractivity contribution >= 4 is 6.03 Å². The van der Waals surface area contributed by atoms with Crippen molar-refractivity contribution in [3.05, 3.63) is 17.0 Å². The van der Waals surface area contributed by atoms with Crippen molar-refractivity contribution in [3.63, 3.8) is 0 Å². The number of rotatable bonds is 7. The van der Waals surface area contributed by atoms with E-state index in [1.807, 2.05) is 34.6 Å². The zero-order valence-electron chi connectivity index (χ0n) is 14.5. The van der Waals surface area contributed by atoms with Gasteiger partial charge in [0.25, 0.3) is 0 Å². The molecule has 6 heteroatoms. The Morgan fingerprint density at radius 2 is 2.00 bits per heavy atom. The maximum absolute atomic E-state index is 12.0. The Balaban J connectivity index is 2.42. The van der Waals surface area contributed by atoms with Gasteiger partial charge in [-0.2, -0.15) is 0 Å². The van der Waals surface area contributed by atoms with Crippen LogP contribution in [0.2, 0.25) is 0 Å². The molecule has 0 aliphatic rings. The third-order valence-corrected chi connectivity index (χ3v) is 3.64. The summed E-state index contributed by atoms with van der Waals surface area (Å²) in [6.07, 6.45) is 0.950. The molecule has 6 nitrogen and oxygen atoms in total. The normalized spacial score (nSPS) is 14.5. The van der Waals surface area contributed by atoms with E-state index in [-0.39, 0.29) is 23.6 Å². The Morgan fingerprint density at radius 1 is 1.36 bits per heavy atom. The van der Waals surface area contributed by atoms with E-state index < -0.39 is 0 Å². The molecule has 0 radical (unpaired) electrons. The lowest BCUT2D eigenvalue weighted by molar-refractivity contribution is 0.128. The fraction of sp³-hybridized carbons (Fsp3) is 0.750. The van der Waals surface area contributed by atoms with Crippen molar-refractivity contribution in [2.24, 2.45) is 5.41 Å². The van der Waals surface area contributed by atoms with Crippen molar-refractivity contribution < 1.29 is 14.4 Å². The first kappa shape index (κ1) is 18.5. The first-order valence-electron chi connectivity index (χ1n) is 7.75. The number of aliphatic hydroxyl groups is 1. The third-order valence-electron chi connectivity index (χ3n) is 3.64. The van der Waals surface area contributed by atoms with E-state index in [9.17, 15) is 9.90 Å². The second-order valence-electron chi connectivity index (χ2n) is 6.95. The van der Waals surface area contributed by atoms with E-state index in [1.54, 1.807) is 6.92 Å². The molecule has 2 amide bonds. The van der Waals surface area contributed by atoms with Crippen LogP contribution in [0.25, 0.3) is 0 Å². The third kappa shape index (κ3) is 6.05. The average Bonchev–Trinajstić information content (AvgIpc) is 2.67. The highest BCUT2D eigenvalue weighted by molar-refractivity contribution is 5.74. The van der Waals surface area contributed by atoms with Gasteiger partial charge in [-0.1, -0.05) is 19.0 Å². The average molecular weight is 311 g/mol. The van der Waals surface area contributed by atoms with Gasteiger partial charge in [0.05, 0.1) is 11.8 Å². The van der Waals surface area contributed by atoms with Gasteiger partial charge in [-0.3, -0.25) is 0 Å². The second-order valence-corrected chi connectivity index (χ2v) is 6.95. The zero-order chi connectivity index (χ0) is 16.9. The summed E-state index contributed by atoms with van der Waals surface area (Å²) in [5, 5.41) is 19.2. The largest absolute Gasteiger partial charge is 0.393 e. The molecular formula is C16H29N3O3. The topological polar surface area (TPSA) is 87.4 Å². The summed E-state index contributed by atoms with van der Waals surface area (Å²) in [5.41, 5.74) is 1.77. The molecule has 1 aromatic rings. The van der Waals surface area contributed by atoms with Gasteiger partial charge in [0.1, 0.15) is 5.76 Å². The van der Waals surface area contributed by atoms with Crippen LogP contribution < -0.4 is 10.6 Å². The van der Waals surface area contributed by atoms with E-state index >= 15 is 0 Å². The molecule has 0 saturated carbocycles. The van der Waals surface area contributed by atoms with Gasteiger partial charge in [-0.25, -0.2) is 4.79 Å². The molecule has 1 rings (SSSR count). The molecule has 0 bridgehead atoms. The Hall–Kier alpha value is -1.56. The molecule has 0 aliphatic heterocycles. The number of carbonyl (C=O) groups excluding carboxylic acids is 1. The van der Waals surface area contributed by atoms with Crippen LogP contribution in [0.5, 0.6) is 0 Å². The van der Waals surface area contributed by atoms with Crippen molar-refractivity contribution in [1.82, 2.24) is 15.8 Å². The highest BCUT2D eigenvalue weighted by Gasteiger charge is 2.21. The van der Waals surface area contributed by atoms with Gasteiger partial charge in [0.2, 0.25) is 0 Å². The smallest absolute Gasteiger partial charge is 0.315 e. The van der Waals surface area contributed by atoms with Crippen LogP contribution in [-0.4, -0.2) is 35.0 Å². The summed E-state index contributed by atoms with van der Waals surface area (Å²) in [4.78, 5) is 12.0. The number of hydrogen-bond donors (Lipinski definition) is 3. The number of carbonyl (C=O) groups is 1. The van der Waals surface area contributed by atoms with E-state index in [0.717, 1.165) is 17.0 Å². The Kier molecular flexibility index (Phi) is 6.41. The maximum atomic E-state index is 12.0. The molecule has 0 spiro atoms. The number of aryl methyl sites for hydroxylation is 2. The lowest BCUT2D eigenvalue weighted by Crippen LogP contribution is -2.45. The van der Waals surface area contributed by atoms with Gasteiger partial charge in [-0.05, 0) is 46.0 Å². The second kappa shape index (κ2) is 7.63. The number of nitrogens with one attached hydrogen (secondary N) is 2. The van der Waals surface area contributed by atoms with Gasteiger partial charge in [0.15, 0.2) is 0 Å². The fourth-order valence-corrected chi connectivity index (χ4v) is 2.62. The first-order chi connectivity index (χ1) is 10.1. The summed E-state index contributed by atoms with van der Waals surface area (Å²) in [7, 11) is 0. The highest BCUT2D eigenvalue weighted by atomic mass is 16.5. The molecule has 3 N–H and O–H groups in total. The molecular weight excluding hydrogens is 282 g/mol. The monoisotopic (exact) mass is 311 g/mol. The van der Waals surface area contributed by atoms with Crippen LogP contribution >= 0.6 is 0 Å². The molecule has 126 valence electrons. The van der Waals surface area contributed by atoms with E-state index in [2.05, 4.69) is 15.8 Å². The molecule has 0 saturated heterocycles. The molecule has 2 atom stereocenters. The number of aromatic nitrogens is 1. The first-order valence-corrected chi connectivity index (χ1v) is 7.75. The molecule has 22 heavy (non-hydrogen) atoms. The predicted molar refractivity (Wildman–Crippen MR) is 85.8 cm³/mol. The van der Waals surface area contributed by atoms with Crippen molar-refractivity contribution in [1.29, 1.82) is 0 Å². The minimum absolute atomic E-state index is 0.0170. The van der Waals surface area contributed by atoms with Gasteiger partial charge < -0.3 is 20.3 Å². The van der Waals surface area contributed by atoms with Crippen LogP contribution in [-0.2, 0) is 6.42 Å². The molecule has 2 unspecified atom stereocenters. The summed E-state index contributed by atoms with van der Waals surface area (Å²) in [5.74, 6) is 0.796. The predicted octanol–water partition coefficient (Wildman–Crippen LogP) is 2.32. The summed E-state index contributed by atoms with van der Waals surface area (Å²) in [6.45, 7) is 12.0. The number of aliphatic hydroxyl groups excluding tert-OH is 1. The molecule has 0 aromatic carbocycles. The van der Waals surface area contributed by atoms with Crippen molar-refractivity contribution in [3.8, 4) is 0 Å². The van der Waals surface area contributed by atoms with Crippen molar-refractivity contribution in [2.45, 2.75) is 66.5 Å². The molecule has 1 heterocycles. The minimum Gasteiger partial charge on any atom is -0.393 e. The summed E-state index contributed by atoms with van der Waals surface area (Å²) in [6, 6.07) is -0.213. The highest BCUT2D eigenvalue weighted by Crippen LogP contribution is 2.21. The quantitative estimate of drug-likeness (QED) is 0.721. The van der Waals surface area contributed by atoms with Crippen molar-refractivity contribution in [2.75, 3.05) is 6.54 Å². The van der Waals surface area contributed by atoms with E-state index in [1.165, 1.54) is 0 Å². The van der Waals surface area contributed by atoms with Gasteiger partial charge in [0, 0.05) is 18.2 Å². The van der Waals surface area contributed by atoms with Gasteiger partial charge >= 0.3 is 6.03 Å². The fourth-order valence-electron chi connectivity index (χ4n) is 2.62. The van der Waals surface area contributed by atoms with Gasteiger partial charge in [-0.15, -0.1) is 0 Å². The van der Waals surface area contributed by atoms with Crippen LogP contribution in [0.15, 0.2) is 4.52 Å². The lowest BCUT2D eigenvalue weighted by Gasteiger charge is -2.26. The lowest BCUT2D eigenvalue weighted by atomic mass is 9.87. The van der Waals surface area contributed by atoms with Crippen LogP contribution in [0.4, 0.5) is 4.79 Å². The molecule has 0 fully saturated rings. The van der Waals surface area contributed by atoms with Crippen LogP contribution in [0.1, 0.15) is 51.1 Å². The van der Waals surface area contributed by atoms with Crippen LogP contribution in [0, 0.1) is 19.3 Å².